The number of ether oxygens (including phenoxy) is 2. The zero-order valence-electron chi connectivity index (χ0n) is 17.8. The number of piperazine rings is 3. The lowest BCUT2D eigenvalue weighted by Crippen LogP contribution is -2.77. The standard InChI is InChI=1S/C21H42N2O5/c1-3-4-5-6-7-8-9-22-10-13-23(14-11-22,15-12-22)16-17-18(24)19(25)20(26)21(27-2)28-17/h17-21,24-26H,3-16H2,1-2H3/q+2/t17-,18-,19+,20-,21+,22?,23?/m1/s1. The molecule has 0 amide bonds. The van der Waals surface area contributed by atoms with Crippen molar-refractivity contribution < 1.29 is 33.8 Å². The highest BCUT2D eigenvalue weighted by molar-refractivity contribution is 4.89. The molecule has 0 aromatic heterocycles. The van der Waals surface area contributed by atoms with Crippen LogP contribution in [0.5, 0.6) is 0 Å². The summed E-state index contributed by atoms with van der Waals surface area (Å²) < 4.78 is 13.2. The summed E-state index contributed by atoms with van der Waals surface area (Å²) in [4.78, 5) is 0. The number of methoxy groups -OCH3 is 1. The minimum absolute atomic E-state index is 0.500. The van der Waals surface area contributed by atoms with Crippen molar-refractivity contribution in [3.05, 3.63) is 0 Å². The van der Waals surface area contributed by atoms with Crippen LogP contribution in [0.1, 0.15) is 45.4 Å². The second-order valence-corrected chi connectivity index (χ2v) is 9.45. The number of quaternary nitrogens is 2. The van der Waals surface area contributed by atoms with Crippen molar-refractivity contribution in [3.63, 3.8) is 0 Å². The van der Waals surface area contributed by atoms with E-state index in [0.29, 0.717) is 6.54 Å². The molecule has 0 radical (unpaired) electrons. The fourth-order valence-electron chi connectivity index (χ4n) is 5.42. The zero-order valence-corrected chi connectivity index (χ0v) is 17.8. The molecule has 5 atom stereocenters. The van der Waals surface area contributed by atoms with Gasteiger partial charge in [0.15, 0.2) is 6.29 Å². The molecule has 0 aromatic rings. The number of fused-ring (bicyclic) bond motifs is 3. The summed E-state index contributed by atoms with van der Waals surface area (Å²) in [7, 11) is 1.46. The largest absolute Gasteiger partial charge is 0.387 e. The molecule has 4 aliphatic rings. The van der Waals surface area contributed by atoms with Crippen molar-refractivity contribution in [3.8, 4) is 0 Å². The number of rotatable bonds is 10. The van der Waals surface area contributed by atoms with E-state index >= 15 is 0 Å². The maximum absolute atomic E-state index is 10.4. The van der Waals surface area contributed by atoms with Crippen molar-refractivity contribution in [2.75, 3.05) is 59.5 Å². The van der Waals surface area contributed by atoms with Crippen LogP contribution >= 0.6 is 0 Å². The molecule has 4 rings (SSSR count). The first-order chi connectivity index (χ1) is 13.4. The van der Waals surface area contributed by atoms with Crippen molar-refractivity contribution in [2.45, 2.75) is 76.2 Å². The fraction of sp³-hybridized carbons (Fsp3) is 1.00. The smallest absolute Gasteiger partial charge is 0.186 e. The van der Waals surface area contributed by atoms with Crippen LogP contribution in [0.4, 0.5) is 0 Å². The first-order valence-electron chi connectivity index (χ1n) is 11.4. The topological polar surface area (TPSA) is 79.2 Å². The molecule has 3 N–H and O–H groups in total. The molecule has 0 spiro atoms. The van der Waals surface area contributed by atoms with Gasteiger partial charge in [0.25, 0.3) is 0 Å². The molecule has 4 heterocycles. The van der Waals surface area contributed by atoms with E-state index in [1.54, 1.807) is 0 Å². The van der Waals surface area contributed by atoms with Gasteiger partial charge in [-0.15, -0.1) is 0 Å². The van der Waals surface area contributed by atoms with Crippen molar-refractivity contribution in [1.29, 1.82) is 0 Å². The summed E-state index contributed by atoms with van der Waals surface area (Å²) in [6, 6.07) is 0. The minimum Gasteiger partial charge on any atom is -0.387 e. The van der Waals surface area contributed by atoms with Gasteiger partial charge in [0, 0.05) is 7.11 Å². The van der Waals surface area contributed by atoms with Gasteiger partial charge in [-0.1, -0.05) is 32.6 Å². The number of unbranched alkanes of at least 4 members (excludes halogenated alkanes) is 5. The number of nitrogens with zero attached hydrogens (tertiary/aromatic N) is 2. The van der Waals surface area contributed by atoms with Crippen molar-refractivity contribution >= 4 is 0 Å². The monoisotopic (exact) mass is 402 g/mol. The molecule has 7 nitrogen and oxygen atoms in total. The van der Waals surface area contributed by atoms with E-state index in [0.717, 1.165) is 24.1 Å². The molecule has 7 heteroatoms. The Morgan fingerprint density at radius 3 is 1.96 bits per heavy atom. The van der Waals surface area contributed by atoms with Crippen molar-refractivity contribution in [1.82, 2.24) is 0 Å². The van der Waals surface area contributed by atoms with Crippen LogP contribution in [0, 0.1) is 0 Å². The van der Waals surface area contributed by atoms with E-state index in [1.807, 2.05) is 0 Å². The Kier molecular flexibility index (Phi) is 7.75. The molecule has 0 aliphatic carbocycles. The Labute approximate surface area is 170 Å². The lowest BCUT2D eigenvalue weighted by molar-refractivity contribution is -1.08. The molecular weight excluding hydrogens is 360 g/mol. The van der Waals surface area contributed by atoms with E-state index in [1.165, 1.54) is 76.3 Å². The first kappa shape index (κ1) is 22.4. The van der Waals surface area contributed by atoms with Gasteiger partial charge in [-0.3, -0.25) is 0 Å². The van der Waals surface area contributed by atoms with E-state index < -0.39 is 30.7 Å². The molecule has 4 fully saturated rings. The molecular formula is C21H42N2O5+2. The molecule has 2 bridgehead atoms. The average Bonchev–Trinajstić information content (AvgIpc) is 2.72. The molecule has 4 aliphatic heterocycles. The van der Waals surface area contributed by atoms with Gasteiger partial charge < -0.3 is 33.8 Å². The van der Waals surface area contributed by atoms with Gasteiger partial charge in [0.2, 0.25) is 0 Å². The average molecular weight is 403 g/mol. The van der Waals surface area contributed by atoms with E-state index in [-0.39, 0.29) is 0 Å². The van der Waals surface area contributed by atoms with Gasteiger partial charge in [0.1, 0.15) is 70.2 Å². The third-order valence-electron chi connectivity index (χ3n) is 7.60. The number of aliphatic hydroxyl groups is 3. The molecule has 0 saturated carbocycles. The van der Waals surface area contributed by atoms with Crippen LogP contribution in [0.2, 0.25) is 0 Å². The maximum Gasteiger partial charge on any atom is 0.186 e. The molecule has 0 unspecified atom stereocenters. The van der Waals surface area contributed by atoms with Crippen LogP contribution in [0.15, 0.2) is 0 Å². The van der Waals surface area contributed by atoms with Crippen LogP contribution in [-0.2, 0) is 9.47 Å². The maximum atomic E-state index is 10.4. The summed E-state index contributed by atoms with van der Waals surface area (Å²) in [5, 5.41) is 30.6. The summed E-state index contributed by atoms with van der Waals surface area (Å²) in [5.74, 6) is 0. The quantitative estimate of drug-likeness (QED) is 0.366. The first-order valence-corrected chi connectivity index (χ1v) is 11.4. The predicted octanol–water partition coefficient (Wildman–Crippen LogP) is 0.462. The van der Waals surface area contributed by atoms with Crippen LogP contribution in [-0.4, -0.2) is 114 Å². The molecule has 28 heavy (non-hydrogen) atoms. The summed E-state index contributed by atoms with van der Waals surface area (Å²) in [6.07, 6.45) is 3.25. The fourth-order valence-corrected chi connectivity index (χ4v) is 5.42. The number of aliphatic hydroxyl groups excluding tert-OH is 3. The van der Waals surface area contributed by atoms with Gasteiger partial charge in [0.05, 0.1) is 6.54 Å². The number of hydrogen-bond donors (Lipinski definition) is 3. The van der Waals surface area contributed by atoms with E-state index in [2.05, 4.69) is 6.92 Å². The Bertz CT molecular complexity index is 465. The number of hydrogen-bond acceptors (Lipinski definition) is 5. The third kappa shape index (κ3) is 4.89. The van der Waals surface area contributed by atoms with Crippen LogP contribution in [0.3, 0.4) is 0 Å². The summed E-state index contributed by atoms with van der Waals surface area (Å²) in [5.41, 5.74) is 0. The van der Waals surface area contributed by atoms with Gasteiger partial charge >= 0.3 is 0 Å². The summed E-state index contributed by atoms with van der Waals surface area (Å²) >= 11 is 0. The second kappa shape index (κ2) is 9.69. The highest BCUT2D eigenvalue weighted by Crippen LogP contribution is 2.31. The van der Waals surface area contributed by atoms with E-state index in [4.69, 9.17) is 9.47 Å². The van der Waals surface area contributed by atoms with E-state index in [9.17, 15) is 15.3 Å². The highest BCUT2D eigenvalue weighted by Gasteiger charge is 2.53. The highest BCUT2D eigenvalue weighted by atomic mass is 16.7. The minimum atomic E-state index is -1.22. The van der Waals surface area contributed by atoms with Gasteiger partial charge in [-0.2, -0.15) is 0 Å². The van der Waals surface area contributed by atoms with Crippen LogP contribution in [0.25, 0.3) is 0 Å². The lowest BCUT2D eigenvalue weighted by atomic mass is 9.96. The molecule has 4 saturated heterocycles. The summed E-state index contributed by atoms with van der Waals surface area (Å²) in [6.45, 7) is 11.2. The third-order valence-corrected chi connectivity index (χ3v) is 7.60. The molecule has 0 aromatic carbocycles. The Balaban J connectivity index is 1.48. The Hall–Kier alpha value is -0.280. The normalized spacial score (nSPS) is 43.4. The predicted molar refractivity (Wildman–Crippen MR) is 107 cm³/mol. The zero-order chi connectivity index (χ0) is 20.2. The lowest BCUT2D eigenvalue weighted by Gasteiger charge is -2.57. The second-order valence-electron chi connectivity index (χ2n) is 9.45. The Morgan fingerprint density at radius 2 is 1.36 bits per heavy atom. The van der Waals surface area contributed by atoms with Gasteiger partial charge in [-0.05, 0) is 12.8 Å². The van der Waals surface area contributed by atoms with Crippen LogP contribution < -0.4 is 0 Å². The SMILES string of the molecule is CCCCCCCC[N+]12CC[N+](C[C@H]3O[C@H](OC)[C@H](O)[C@@H](O)[C@@H]3O)(CC1)CC2. The Morgan fingerprint density at radius 1 is 0.786 bits per heavy atom. The molecule has 164 valence electrons. The van der Waals surface area contributed by atoms with Crippen molar-refractivity contribution in [2.24, 2.45) is 0 Å². The van der Waals surface area contributed by atoms with Gasteiger partial charge in [-0.25, -0.2) is 0 Å².